The van der Waals surface area contributed by atoms with Gasteiger partial charge in [0.1, 0.15) is 0 Å². The maximum atomic E-state index is 4.55. The summed E-state index contributed by atoms with van der Waals surface area (Å²) in [6.45, 7) is 12.3. The van der Waals surface area contributed by atoms with E-state index in [1.807, 2.05) is 6.20 Å². The highest BCUT2D eigenvalue weighted by molar-refractivity contribution is 9.10. The Morgan fingerprint density at radius 3 is 2.81 bits per heavy atom. The summed E-state index contributed by atoms with van der Waals surface area (Å²) in [6.07, 6.45) is 4.29. The molecule has 1 saturated heterocycles. The molecular weight excluding hydrogens is 326 g/mol. The molecule has 1 N–H and O–H groups in total. The SMILES string of the molecule is CCC1(C)CN(Cc2ccc(Br)cn2)C(CC(C)C)CN1. The summed E-state index contributed by atoms with van der Waals surface area (Å²) in [4.78, 5) is 7.17. The van der Waals surface area contributed by atoms with Gasteiger partial charge in [-0.2, -0.15) is 0 Å². The molecule has 0 saturated carbocycles. The number of nitrogens with one attached hydrogen (secondary N) is 1. The predicted octanol–water partition coefficient (Wildman–Crippen LogP) is 3.83. The van der Waals surface area contributed by atoms with Crippen molar-refractivity contribution in [3.8, 4) is 0 Å². The zero-order valence-corrected chi connectivity index (χ0v) is 15.3. The van der Waals surface area contributed by atoms with Gasteiger partial charge in [0.2, 0.25) is 0 Å². The quantitative estimate of drug-likeness (QED) is 0.871. The van der Waals surface area contributed by atoms with Crippen molar-refractivity contribution in [1.29, 1.82) is 0 Å². The fourth-order valence-corrected chi connectivity index (χ4v) is 3.27. The lowest BCUT2D eigenvalue weighted by atomic mass is 9.90. The second kappa shape index (κ2) is 7.21. The van der Waals surface area contributed by atoms with Crippen LogP contribution in [0.4, 0.5) is 0 Å². The monoisotopic (exact) mass is 353 g/mol. The molecule has 2 heterocycles. The van der Waals surface area contributed by atoms with Crippen LogP contribution < -0.4 is 5.32 Å². The normalized spacial score (nSPS) is 27.2. The van der Waals surface area contributed by atoms with E-state index in [2.05, 4.69) is 71.0 Å². The molecule has 1 aliphatic rings. The van der Waals surface area contributed by atoms with Crippen LogP contribution in [0.3, 0.4) is 0 Å². The van der Waals surface area contributed by atoms with Crippen molar-refractivity contribution in [3.05, 3.63) is 28.5 Å². The number of hydrogen-bond donors (Lipinski definition) is 1. The van der Waals surface area contributed by atoms with Crippen LogP contribution in [-0.2, 0) is 6.54 Å². The number of nitrogens with zero attached hydrogens (tertiary/aromatic N) is 2. The second-order valence-corrected chi connectivity index (χ2v) is 7.87. The maximum Gasteiger partial charge on any atom is 0.0544 e. The molecule has 2 rings (SSSR count). The minimum Gasteiger partial charge on any atom is -0.309 e. The lowest BCUT2D eigenvalue weighted by Crippen LogP contribution is -2.62. The van der Waals surface area contributed by atoms with E-state index in [1.165, 1.54) is 6.42 Å². The molecule has 21 heavy (non-hydrogen) atoms. The fourth-order valence-electron chi connectivity index (χ4n) is 3.03. The summed E-state index contributed by atoms with van der Waals surface area (Å²) in [5.41, 5.74) is 1.38. The molecule has 1 aromatic heterocycles. The smallest absolute Gasteiger partial charge is 0.0544 e. The molecule has 1 aromatic rings. The summed E-state index contributed by atoms with van der Waals surface area (Å²) < 4.78 is 1.05. The first-order chi connectivity index (χ1) is 9.92. The molecule has 0 spiro atoms. The third-order valence-corrected chi connectivity index (χ3v) is 4.98. The largest absolute Gasteiger partial charge is 0.309 e. The van der Waals surface area contributed by atoms with Gasteiger partial charge >= 0.3 is 0 Å². The minimum atomic E-state index is 0.225. The zero-order valence-electron chi connectivity index (χ0n) is 13.7. The Morgan fingerprint density at radius 2 is 2.24 bits per heavy atom. The van der Waals surface area contributed by atoms with Crippen molar-refractivity contribution in [2.45, 2.75) is 58.7 Å². The fraction of sp³-hybridized carbons (Fsp3) is 0.706. The van der Waals surface area contributed by atoms with Crippen molar-refractivity contribution < 1.29 is 0 Å². The van der Waals surface area contributed by atoms with E-state index in [0.717, 1.165) is 42.1 Å². The molecule has 118 valence electrons. The lowest BCUT2D eigenvalue weighted by molar-refractivity contribution is 0.0654. The van der Waals surface area contributed by atoms with Crippen molar-refractivity contribution in [2.24, 2.45) is 5.92 Å². The highest BCUT2D eigenvalue weighted by Gasteiger charge is 2.34. The average Bonchev–Trinajstić information content (AvgIpc) is 2.44. The van der Waals surface area contributed by atoms with E-state index in [9.17, 15) is 0 Å². The Labute approximate surface area is 137 Å². The Kier molecular flexibility index (Phi) is 5.81. The highest BCUT2D eigenvalue weighted by atomic mass is 79.9. The van der Waals surface area contributed by atoms with E-state index in [-0.39, 0.29) is 5.54 Å². The van der Waals surface area contributed by atoms with Crippen LogP contribution in [0.2, 0.25) is 0 Å². The molecule has 0 aromatic carbocycles. The van der Waals surface area contributed by atoms with Crippen LogP contribution in [0, 0.1) is 5.92 Å². The molecule has 0 bridgehead atoms. The van der Waals surface area contributed by atoms with Gasteiger partial charge in [-0.05, 0) is 53.7 Å². The van der Waals surface area contributed by atoms with Gasteiger partial charge in [0.05, 0.1) is 5.69 Å². The van der Waals surface area contributed by atoms with Gasteiger partial charge in [0.15, 0.2) is 0 Å². The van der Waals surface area contributed by atoms with Crippen molar-refractivity contribution in [3.63, 3.8) is 0 Å². The first-order valence-electron chi connectivity index (χ1n) is 8.01. The molecule has 0 aliphatic carbocycles. The van der Waals surface area contributed by atoms with Gasteiger partial charge in [-0.25, -0.2) is 0 Å². The average molecular weight is 354 g/mol. The summed E-state index contributed by atoms with van der Waals surface area (Å²) in [7, 11) is 0. The summed E-state index contributed by atoms with van der Waals surface area (Å²) >= 11 is 3.46. The predicted molar refractivity (Wildman–Crippen MR) is 92.3 cm³/mol. The standard InChI is InChI=1S/C17H28BrN3/c1-5-17(4)12-21(16(10-20-17)8-13(2)3)11-15-7-6-14(18)9-19-15/h6-7,9,13,16,20H,5,8,10-12H2,1-4H3. The van der Waals surface area contributed by atoms with Gasteiger partial charge in [-0.1, -0.05) is 20.8 Å². The van der Waals surface area contributed by atoms with Gasteiger partial charge < -0.3 is 5.32 Å². The van der Waals surface area contributed by atoms with Crippen molar-refractivity contribution >= 4 is 15.9 Å². The molecule has 3 nitrogen and oxygen atoms in total. The number of hydrogen-bond acceptors (Lipinski definition) is 3. The van der Waals surface area contributed by atoms with Crippen LogP contribution in [0.15, 0.2) is 22.8 Å². The van der Waals surface area contributed by atoms with Crippen molar-refractivity contribution in [2.75, 3.05) is 13.1 Å². The topological polar surface area (TPSA) is 28.2 Å². The van der Waals surface area contributed by atoms with Gasteiger partial charge in [-0.15, -0.1) is 0 Å². The molecule has 2 unspecified atom stereocenters. The number of halogens is 1. The first kappa shape index (κ1) is 16.9. The van der Waals surface area contributed by atoms with Crippen LogP contribution in [0.25, 0.3) is 0 Å². The molecule has 1 fully saturated rings. The molecule has 4 heteroatoms. The summed E-state index contributed by atoms with van der Waals surface area (Å²) in [5, 5.41) is 3.76. The Morgan fingerprint density at radius 1 is 1.48 bits per heavy atom. The van der Waals surface area contributed by atoms with E-state index in [0.29, 0.717) is 6.04 Å². The van der Waals surface area contributed by atoms with Crippen LogP contribution in [-0.4, -0.2) is 34.6 Å². The van der Waals surface area contributed by atoms with Crippen LogP contribution in [0.1, 0.15) is 46.2 Å². The van der Waals surface area contributed by atoms with Crippen molar-refractivity contribution in [1.82, 2.24) is 15.2 Å². The number of piperazine rings is 1. The minimum absolute atomic E-state index is 0.225. The summed E-state index contributed by atoms with van der Waals surface area (Å²) in [5.74, 6) is 0.725. The van der Waals surface area contributed by atoms with E-state index in [4.69, 9.17) is 0 Å². The molecule has 2 atom stereocenters. The molecular formula is C17H28BrN3. The van der Waals surface area contributed by atoms with Crippen LogP contribution in [0.5, 0.6) is 0 Å². The van der Waals surface area contributed by atoms with Gasteiger partial charge in [0, 0.05) is 41.9 Å². The second-order valence-electron chi connectivity index (χ2n) is 6.95. The third-order valence-electron chi connectivity index (χ3n) is 4.51. The molecule has 0 amide bonds. The van der Waals surface area contributed by atoms with E-state index < -0.39 is 0 Å². The zero-order chi connectivity index (χ0) is 15.5. The van der Waals surface area contributed by atoms with Gasteiger partial charge in [-0.3, -0.25) is 9.88 Å². The van der Waals surface area contributed by atoms with Crippen LogP contribution >= 0.6 is 15.9 Å². The molecule has 1 aliphatic heterocycles. The third kappa shape index (κ3) is 4.76. The summed E-state index contributed by atoms with van der Waals surface area (Å²) in [6, 6.07) is 4.82. The Hall–Kier alpha value is -0.450. The molecule has 0 radical (unpaired) electrons. The van der Waals surface area contributed by atoms with E-state index >= 15 is 0 Å². The number of aromatic nitrogens is 1. The number of rotatable bonds is 5. The van der Waals surface area contributed by atoms with Gasteiger partial charge in [0.25, 0.3) is 0 Å². The first-order valence-corrected chi connectivity index (χ1v) is 8.80. The highest BCUT2D eigenvalue weighted by Crippen LogP contribution is 2.24. The lowest BCUT2D eigenvalue weighted by Gasteiger charge is -2.46. The Balaban J connectivity index is 2.10. The number of pyridine rings is 1. The van der Waals surface area contributed by atoms with E-state index in [1.54, 1.807) is 0 Å². The Bertz CT molecular complexity index is 446. The maximum absolute atomic E-state index is 4.55.